The Morgan fingerprint density at radius 1 is 1.05 bits per heavy atom. The number of alkyl halides is 6. The number of aromatic nitrogens is 2. The summed E-state index contributed by atoms with van der Waals surface area (Å²) in [6.07, 6.45) is -8.16. The standard InChI is InChI=1S/C26H26F6N6O2/c1-24(40,23(39)36-16-10-9-15(14-33)18(13-16)26(30,31)32)22-35-12-5-3-2-4-11-34-21-20-17(25(27,28)29)7-6-8-19(20)37-38(21)22/h6-10,13,22,34-35,40H,2-5,11-12H2,1H3,(H,36,39)/t22?,24-/m0/s1. The molecule has 0 aliphatic carbocycles. The summed E-state index contributed by atoms with van der Waals surface area (Å²) in [5, 5.41) is 32.8. The van der Waals surface area contributed by atoms with Crippen LogP contribution in [0.15, 0.2) is 36.4 Å². The number of carbonyl (C=O) groups excluding carboxylic acids is 1. The van der Waals surface area contributed by atoms with E-state index in [1.165, 1.54) is 18.2 Å². The van der Waals surface area contributed by atoms with Crippen LogP contribution < -0.4 is 16.0 Å². The van der Waals surface area contributed by atoms with Crippen LogP contribution in [0.2, 0.25) is 0 Å². The van der Waals surface area contributed by atoms with Gasteiger partial charge < -0.3 is 15.7 Å². The monoisotopic (exact) mass is 568 g/mol. The molecule has 214 valence electrons. The highest BCUT2D eigenvalue weighted by Gasteiger charge is 2.44. The van der Waals surface area contributed by atoms with Crippen LogP contribution in [0.3, 0.4) is 0 Å². The number of fused-ring (bicyclic) bond motifs is 3. The van der Waals surface area contributed by atoms with Crippen LogP contribution >= 0.6 is 0 Å². The highest BCUT2D eigenvalue weighted by Crippen LogP contribution is 2.40. The largest absolute Gasteiger partial charge is 0.417 e. The molecule has 4 rings (SSSR count). The number of carbonyl (C=O) groups is 1. The van der Waals surface area contributed by atoms with Crippen molar-refractivity contribution in [2.24, 2.45) is 0 Å². The van der Waals surface area contributed by atoms with Crippen molar-refractivity contribution in [1.29, 1.82) is 5.26 Å². The van der Waals surface area contributed by atoms with Crippen LogP contribution in [-0.2, 0) is 17.1 Å². The minimum atomic E-state index is -4.88. The number of hydrogen-bond donors (Lipinski definition) is 4. The van der Waals surface area contributed by atoms with Gasteiger partial charge in [0.25, 0.3) is 5.91 Å². The number of rotatable bonds is 3. The Morgan fingerprint density at radius 2 is 1.73 bits per heavy atom. The number of nitrogens with zero attached hydrogens (tertiary/aromatic N) is 3. The lowest BCUT2D eigenvalue weighted by Crippen LogP contribution is -2.53. The summed E-state index contributed by atoms with van der Waals surface area (Å²) in [5.74, 6) is -1.20. The summed E-state index contributed by atoms with van der Waals surface area (Å²) in [6.45, 7) is 1.67. The molecule has 2 heterocycles. The Kier molecular flexibility index (Phi) is 8.00. The maximum absolute atomic E-state index is 13.9. The van der Waals surface area contributed by atoms with Crippen molar-refractivity contribution in [1.82, 2.24) is 15.1 Å². The molecule has 1 unspecified atom stereocenters. The van der Waals surface area contributed by atoms with Crippen molar-refractivity contribution in [3.05, 3.63) is 53.1 Å². The SMILES string of the molecule is C[C@@](O)(C(=O)Nc1ccc(C#N)c(C(F)(F)F)c1)C1NCCCCCCNc2c3c(C(F)(F)F)cccc3nn21. The molecule has 1 amide bonds. The second-order valence-corrected chi connectivity index (χ2v) is 9.66. The van der Waals surface area contributed by atoms with Crippen molar-refractivity contribution < 1.29 is 36.2 Å². The van der Waals surface area contributed by atoms with E-state index in [-0.39, 0.29) is 29.0 Å². The van der Waals surface area contributed by atoms with Crippen molar-refractivity contribution in [2.45, 2.75) is 56.7 Å². The summed E-state index contributed by atoms with van der Waals surface area (Å²) < 4.78 is 83.2. The topological polar surface area (TPSA) is 115 Å². The molecule has 2 aromatic carbocycles. The molecule has 0 bridgehead atoms. The molecule has 0 radical (unpaired) electrons. The highest BCUT2D eigenvalue weighted by atomic mass is 19.4. The molecular weight excluding hydrogens is 542 g/mol. The van der Waals surface area contributed by atoms with Crippen LogP contribution in [0, 0.1) is 11.3 Å². The molecule has 1 aliphatic heterocycles. The van der Waals surface area contributed by atoms with Gasteiger partial charge in [0.2, 0.25) is 0 Å². The zero-order chi connectivity index (χ0) is 29.3. The van der Waals surface area contributed by atoms with Gasteiger partial charge in [-0.25, -0.2) is 4.68 Å². The van der Waals surface area contributed by atoms with Gasteiger partial charge in [0.15, 0.2) is 5.60 Å². The number of amides is 1. The molecule has 0 saturated carbocycles. The van der Waals surface area contributed by atoms with E-state index in [9.17, 15) is 36.2 Å². The van der Waals surface area contributed by atoms with Crippen LogP contribution in [-0.4, -0.2) is 39.5 Å². The van der Waals surface area contributed by atoms with Gasteiger partial charge in [0, 0.05) is 12.2 Å². The fraction of sp³-hybridized carbons (Fsp3) is 0.423. The summed E-state index contributed by atoms with van der Waals surface area (Å²) in [5.41, 5.74) is -5.66. The lowest BCUT2D eigenvalue weighted by molar-refractivity contribution is -0.139. The van der Waals surface area contributed by atoms with Crippen LogP contribution in [0.4, 0.5) is 37.8 Å². The lowest BCUT2D eigenvalue weighted by atomic mass is 10.00. The fourth-order valence-electron chi connectivity index (χ4n) is 4.65. The van der Waals surface area contributed by atoms with Gasteiger partial charge in [0.1, 0.15) is 12.0 Å². The molecule has 4 N–H and O–H groups in total. The first-order valence-electron chi connectivity index (χ1n) is 12.5. The molecule has 1 aliphatic rings. The summed E-state index contributed by atoms with van der Waals surface area (Å²) in [7, 11) is 0. The van der Waals surface area contributed by atoms with E-state index < -0.39 is 46.7 Å². The van der Waals surface area contributed by atoms with Crippen molar-refractivity contribution in [3.63, 3.8) is 0 Å². The first kappa shape index (κ1) is 29.2. The van der Waals surface area contributed by atoms with Gasteiger partial charge in [-0.2, -0.15) is 36.7 Å². The van der Waals surface area contributed by atoms with Crippen LogP contribution in [0.5, 0.6) is 0 Å². The van der Waals surface area contributed by atoms with E-state index in [0.29, 0.717) is 25.5 Å². The van der Waals surface area contributed by atoms with Crippen LogP contribution in [0.1, 0.15) is 55.5 Å². The van der Waals surface area contributed by atoms with Crippen LogP contribution in [0.25, 0.3) is 10.9 Å². The predicted molar refractivity (Wildman–Crippen MR) is 134 cm³/mol. The van der Waals surface area contributed by atoms with E-state index >= 15 is 0 Å². The minimum absolute atomic E-state index is 0.0284. The Balaban J connectivity index is 1.79. The molecule has 0 saturated heterocycles. The van der Waals surface area contributed by atoms with E-state index in [2.05, 4.69) is 21.0 Å². The van der Waals surface area contributed by atoms with Gasteiger partial charge >= 0.3 is 12.4 Å². The van der Waals surface area contributed by atoms with E-state index in [4.69, 9.17) is 5.26 Å². The third-order valence-electron chi connectivity index (χ3n) is 6.70. The van der Waals surface area contributed by atoms with E-state index in [1.54, 1.807) is 0 Å². The lowest BCUT2D eigenvalue weighted by Gasteiger charge is -2.33. The number of anilines is 2. The van der Waals surface area contributed by atoms with Crippen molar-refractivity contribution in [2.75, 3.05) is 23.7 Å². The van der Waals surface area contributed by atoms with Gasteiger partial charge in [-0.15, -0.1) is 0 Å². The van der Waals surface area contributed by atoms with Gasteiger partial charge in [-0.05, 0) is 56.6 Å². The second-order valence-electron chi connectivity index (χ2n) is 9.66. The third kappa shape index (κ3) is 5.85. The molecular formula is C26H26F6N6O2. The van der Waals surface area contributed by atoms with Gasteiger partial charge in [-0.3, -0.25) is 10.1 Å². The number of benzene rings is 2. The highest BCUT2D eigenvalue weighted by molar-refractivity contribution is 5.98. The predicted octanol–water partition coefficient (Wildman–Crippen LogP) is 5.41. The molecule has 2 atom stereocenters. The smallest absolute Gasteiger partial charge is 0.377 e. The van der Waals surface area contributed by atoms with E-state index in [0.717, 1.165) is 42.6 Å². The summed E-state index contributed by atoms with van der Waals surface area (Å²) in [4.78, 5) is 13.3. The zero-order valence-electron chi connectivity index (χ0n) is 21.2. The van der Waals surface area contributed by atoms with Crippen molar-refractivity contribution in [3.8, 4) is 6.07 Å². The first-order chi connectivity index (χ1) is 18.7. The normalized spacial score (nSPS) is 18.5. The fourth-order valence-corrected chi connectivity index (χ4v) is 4.65. The third-order valence-corrected chi connectivity index (χ3v) is 6.70. The average molecular weight is 569 g/mol. The second kappa shape index (κ2) is 11.0. The van der Waals surface area contributed by atoms with Gasteiger partial charge in [0.05, 0.1) is 33.7 Å². The molecule has 1 aromatic heterocycles. The maximum Gasteiger partial charge on any atom is 0.417 e. The molecule has 3 aromatic rings. The zero-order valence-corrected chi connectivity index (χ0v) is 21.2. The van der Waals surface area contributed by atoms with E-state index in [1.807, 2.05) is 0 Å². The summed E-state index contributed by atoms with van der Waals surface area (Å²) in [6, 6.07) is 7.47. The van der Waals surface area contributed by atoms with Crippen molar-refractivity contribution >= 4 is 28.3 Å². The Labute approximate surface area is 225 Å². The molecule has 40 heavy (non-hydrogen) atoms. The number of nitrogens with one attached hydrogen (secondary N) is 3. The molecule has 14 heteroatoms. The first-order valence-corrected chi connectivity index (χ1v) is 12.5. The maximum atomic E-state index is 13.9. The molecule has 0 spiro atoms. The average Bonchev–Trinajstić information content (AvgIpc) is 3.22. The summed E-state index contributed by atoms with van der Waals surface area (Å²) >= 11 is 0. The minimum Gasteiger partial charge on any atom is -0.377 e. The number of hydrogen-bond acceptors (Lipinski definition) is 6. The number of nitriles is 1. The Bertz CT molecular complexity index is 1440. The molecule has 8 nitrogen and oxygen atoms in total. The Morgan fingerprint density at radius 3 is 2.38 bits per heavy atom. The van der Waals surface area contributed by atoms with Gasteiger partial charge in [-0.1, -0.05) is 18.9 Å². The quantitative estimate of drug-likeness (QED) is 0.314. The number of halogens is 6. The Hall–Kier alpha value is -3.83. The molecule has 0 fully saturated rings. The number of aliphatic hydroxyl groups is 1.